The fraction of sp³-hybridized carbons (Fsp3) is 0.923. The van der Waals surface area contributed by atoms with Crippen LogP contribution in [0, 0.1) is 5.92 Å². The van der Waals surface area contributed by atoms with Crippen LogP contribution in [0.1, 0.15) is 34.1 Å². The van der Waals surface area contributed by atoms with E-state index in [1.165, 1.54) is 0 Å². The molecule has 126 valence electrons. The van der Waals surface area contributed by atoms with Crippen molar-refractivity contribution in [1.82, 2.24) is 5.32 Å². The van der Waals surface area contributed by atoms with Crippen molar-refractivity contribution in [2.45, 2.75) is 34.1 Å². The minimum Gasteiger partial charge on any atom is -0.726 e. The third-order valence-corrected chi connectivity index (χ3v) is 4.21. The van der Waals surface area contributed by atoms with Crippen LogP contribution in [0.15, 0.2) is 0 Å². The maximum Gasteiger partial charge on any atom is 0.222 e. The van der Waals surface area contributed by atoms with Gasteiger partial charge in [0.2, 0.25) is 16.3 Å². The Balaban J connectivity index is 4.26. The van der Waals surface area contributed by atoms with Gasteiger partial charge in [-0.1, -0.05) is 13.8 Å². The Morgan fingerprint density at radius 2 is 1.81 bits per heavy atom. The fourth-order valence-corrected chi connectivity index (χ4v) is 2.47. The van der Waals surface area contributed by atoms with E-state index in [1.54, 1.807) is 0 Å². The second-order valence-electron chi connectivity index (χ2n) is 5.45. The number of likely N-dealkylation sites (N-methyl/N-ethyl adjacent to an activating group) is 1. The first-order valence-electron chi connectivity index (χ1n) is 7.39. The highest BCUT2D eigenvalue weighted by Gasteiger charge is 2.23. The van der Waals surface area contributed by atoms with Crippen LogP contribution in [0.25, 0.3) is 0 Å². The highest BCUT2D eigenvalue weighted by atomic mass is 32.3. The number of nitrogens with zero attached hydrogens (tertiary/aromatic N) is 1. The molecule has 8 heteroatoms. The van der Waals surface area contributed by atoms with E-state index in [-0.39, 0.29) is 18.4 Å². The van der Waals surface area contributed by atoms with Crippen molar-refractivity contribution in [2.24, 2.45) is 5.92 Å². The fourth-order valence-electron chi connectivity index (χ4n) is 2.15. The Kier molecular flexibility index (Phi) is 9.03. The van der Waals surface area contributed by atoms with Gasteiger partial charge in [-0.2, -0.15) is 0 Å². The van der Waals surface area contributed by atoms with Crippen LogP contribution in [0.5, 0.6) is 0 Å². The zero-order chi connectivity index (χ0) is 16.5. The lowest BCUT2D eigenvalue weighted by molar-refractivity contribution is -0.924. The van der Waals surface area contributed by atoms with E-state index in [9.17, 15) is 17.8 Å². The van der Waals surface area contributed by atoms with Crippen LogP contribution in [0.4, 0.5) is 0 Å². The predicted molar refractivity (Wildman–Crippen MR) is 79.2 cm³/mol. The highest BCUT2D eigenvalue weighted by molar-refractivity contribution is 7.80. The van der Waals surface area contributed by atoms with Gasteiger partial charge in [0.25, 0.3) is 0 Å². The van der Waals surface area contributed by atoms with Crippen molar-refractivity contribution < 1.29 is 26.4 Å². The molecule has 0 saturated heterocycles. The van der Waals surface area contributed by atoms with E-state index in [0.717, 1.165) is 24.1 Å². The second-order valence-corrected chi connectivity index (χ2v) is 6.50. The molecule has 0 aliphatic heterocycles. The third kappa shape index (κ3) is 9.02. The summed E-state index contributed by atoms with van der Waals surface area (Å²) in [6.45, 7) is 11.5. The molecule has 0 heterocycles. The lowest BCUT2D eigenvalue weighted by Gasteiger charge is -2.37. The number of hydrogen-bond donors (Lipinski definition) is 1. The standard InChI is InChI=1S/C13H28N2O5S/c1-5-15(6-2,9-7-11-20-21(17,18)19)10-8-14-13(16)12(3)4/h12H,5-11H2,1-4H3,(H-,14,16,17,18,19). The molecule has 0 atom stereocenters. The van der Waals surface area contributed by atoms with Crippen LogP contribution >= 0.6 is 0 Å². The predicted octanol–water partition coefficient (Wildman–Crippen LogP) is 0.482. The van der Waals surface area contributed by atoms with Crippen molar-refractivity contribution >= 4 is 16.3 Å². The van der Waals surface area contributed by atoms with Crippen molar-refractivity contribution in [3.63, 3.8) is 0 Å². The molecule has 0 rings (SSSR count). The summed E-state index contributed by atoms with van der Waals surface area (Å²) in [7, 11) is -4.61. The van der Waals surface area contributed by atoms with Gasteiger partial charge in [0.15, 0.2) is 0 Å². The molecule has 0 spiro atoms. The number of quaternary nitrogens is 1. The average Bonchev–Trinajstić information content (AvgIpc) is 2.40. The zero-order valence-corrected chi connectivity index (χ0v) is 14.2. The Labute approximate surface area is 128 Å². The number of carbonyl (C=O) groups is 1. The molecule has 0 aromatic heterocycles. The maximum atomic E-state index is 11.5. The van der Waals surface area contributed by atoms with Gasteiger partial charge in [-0.05, 0) is 13.8 Å². The van der Waals surface area contributed by atoms with Gasteiger partial charge < -0.3 is 14.4 Å². The van der Waals surface area contributed by atoms with Crippen LogP contribution in [0.3, 0.4) is 0 Å². The molecule has 0 fully saturated rings. The van der Waals surface area contributed by atoms with Gasteiger partial charge in [-0.3, -0.25) is 8.98 Å². The van der Waals surface area contributed by atoms with E-state index in [0.29, 0.717) is 19.5 Å². The van der Waals surface area contributed by atoms with Gasteiger partial charge in [-0.15, -0.1) is 0 Å². The van der Waals surface area contributed by atoms with E-state index in [2.05, 4.69) is 23.3 Å². The summed E-state index contributed by atoms with van der Waals surface area (Å²) in [4.78, 5) is 11.5. The van der Waals surface area contributed by atoms with Gasteiger partial charge in [-0.25, -0.2) is 8.42 Å². The summed E-state index contributed by atoms with van der Waals surface area (Å²) in [5, 5.41) is 2.89. The molecular formula is C13H28N2O5S. The first-order valence-corrected chi connectivity index (χ1v) is 8.72. The van der Waals surface area contributed by atoms with Crippen LogP contribution < -0.4 is 5.32 Å². The molecule has 0 unspecified atom stereocenters. The van der Waals surface area contributed by atoms with Crippen molar-refractivity contribution in [3.8, 4) is 0 Å². The third-order valence-electron chi connectivity index (χ3n) is 3.76. The normalized spacial score (nSPS) is 12.7. The topological polar surface area (TPSA) is 95.5 Å². The molecule has 0 bridgehead atoms. The average molecular weight is 324 g/mol. The quantitative estimate of drug-likeness (QED) is 0.258. The molecule has 1 N–H and O–H groups in total. The first kappa shape index (κ1) is 20.3. The van der Waals surface area contributed by atoms with E-state index >= 15 is 0 Å². The molecule has 1 amide bonds. The highest BCUT2D eigenvalue weighted by Crippen LogP contribution is 2.08. The van der Waals surface area contributed by atoms with Gasteiger partial charge >= 0.3 is 0 Å². The monoisotopic (exact) mass is 324 g/mol. The number of nitrogens with one attached hydrogen (secondary N) is 1. The van der Waals surface area contributed by atoms with Crippen LogP contribution in [-0.4, -0.2) is 62.7 Å². The Hall–Kier alpha value is -0.700. The van der Waals surface area contributed by atoms with Gasteiger partial charge in [0.1, 0.15) is 0 Å². The Morgan fingerprint density at radius 3 is 2.24 bits per heavy atom. The molecule has 21 heavy (non-hydrogen) atoms. The Bertz CT molecular complexity index is 405. The van der Waals surface area contributed by atoms with E-state index in [1.807, 2.05) is 13.8 Å². The first-order chi connectivity index (χ1) is 9.66. The number of hydrogen-bond acceptors (Lipinski definition) is 5. The smallest absolute Gasteiger partial charge is 0.222 e. The molecular weight excluding hydrogens is 296 g/mol. The molecule has 0 aromatic rings. The maximum absolute atomic E-state index is 11.5. The van der Waals surface area contributed by atoms with Crippen LogP contribution in [0.2, 0.25) is 0 Å². The van der Waals surface area contributed by atoms with Crippen molar-refractivity contribution in [2.75, 3.05) is 39.3 Å². The van der Waals surface area contributed by atoms with E-state index < -0.39 is 10.4 Å². The summed E-state index contributed by atoms with van der Waals surface area (Å²) >= 11 is 0. The zero-order valence-electron chi connectivity index (χ0n) is 13.4. The minimum absolute atomic E-state index is 0.0288. The molecule has 0 aromatic carbocycles. The van der Waals surface area contributed by atoms with Crippen molar-refractivity contribution in [3.05, 3.63) is 0 Å². The number of amides is 1. The summed E-state index contributed by atoms with van der Waals surface area (Å²) in [6, 6.07) is 0. The molecule has 0 aliphatic rings. The number of carbonyl (C=O) groups excluding carboxylic acids is 1. The lowest BCUT2D eigenvalue weighted by atomic mass is 10.2. The molecule has 0 saturated carbocycles. The minimum atomic E-state index is -4.61. The Morgan fingerprint density at radius 1 is 1.24 bits per heavy atom. The van der Waals surface area contributed by atoms with Gasteiger partial charge in [0.05, 0.1) is 39.3 Å². The summed E-state index contributed by atoms with van der Waals surface area (Å²) in [5.41, 5.74) is 0. The lowest BCUT2D eigenvalue weighted by Crippen LogP contribution is -2.52. The SMILES string of the molecule is CC[N+](CC)(CCCOS(=O)(=O)[O-])CCNC(=O)C(C)C. The van der Waals surface area contributed by atoms with Crippen LogP contribution in [-0.2, 0) is 19.4 Å². The molecule has 0 radical (unpaired) electrons. The molecule has 0 aliphatic carbocycles. The summed E-state index contributed by atoms with van der Waals surface area (Å²) in [6.07, 6.45) is 0.487. The summed E-state index contributed by atoms with van der Waals surface area (Å²) < 4.78 is 36.1. The summed E-state index contributed by atoms with van der Waals surface area (Å²) in [5.74, 6) is -0.00750. The van der Waals surface area contributed by atoms with Crippen molar-refractivity contribution in [1.29, 1.82) is 0 Å². The largest absolute Gasteiger partial charge is 0.726 e. The van der Waals surface area contributed by atoms with E-state index in [4.69, 9.17) is 0 Å². The second kappa shape index (κ2) is 9.34. The van der Waals surface area contributed by atoms with Gasteiger partial charge in [0, 0.05) is 12.3 Å². The molecule has 7 nitrogen and oxygen atoms in total. The number of rotatable bonds is 11.